The van der Waals surface area contributed by atoms with Crippen molar-refractivity contribution in [3.8, 4) is 11.5 Å². The molecule has 2 N–H and O–H groups in total. The van der Waals surface area contributed by atoms with Gasteiger partial charge in [0.15, 0.2) is 17.8 Å². The second kappa shape index (κ2) is 7.14. The largest absolute Gasteiger partial charge is 0.504 e. The molecule has 4 heteroatoms. The molecule has 0 heterocycles. The molecular weight excluding hydrogens is 220 g/mol. The van der Waals surface area contributed by atoms with Gasteiger partial charge >= 0.3 is 0 Å². The number of phenols is 2. The minimum atomic E-state index is -0.258. The number of rotatable bonds is 7. The summed E-state index contributed by atoms with van der Waals surface area (Å²) in [5.41, 5.74) is 0.703. The van der Waals surface area contributed by atoms with Crippen LogP contribution in [0.15, 0.2) is 18.2 Å². The number of ether oxygens (including phenoxy) is 2. The monoisotopic (exact) mass is 240 g/mol. The van der Waals surface area contributed by atoms with Crippen molar-refractivity contribution in [3.63, 3.8) is 0 Å². The van der Waals surface area contributed by atoms with Gasteiger partial charge in [0.25, 0.3) is 0 Å². The molecule has 0 saturated heterocycles. The van der Waals surface area contributed by atoms with Gasteiger partial charge in [-0.3, -0.25) is 0 Å². The zero-order chi connectivity index (χ0) is 12.7. The molecule has 0 atom stereocenters. The van der Waals surface area contributed by atoms with Crippen molar-refractivity contribution < 1.29 is 19.7 Å². The highest BCUT2D eigenvalue weighted by molar-refractivity contribution is 5.44. The van der Waals surface area contributed by atoms with E-state index in [1.165, 1.54) is 6.07 Å². The minimum Gasteiger partial charge on any atom is -0.504 e. The highest BCUT2D eigenvalue weighted by atomic mass is 16.7. The lowest BCUT2D eigenvalue weighted by atomic mass is 10.1. The van der Waals surface area contributed by atoms with Gasteiger partial charge in [-0.1, -0.05) is 12.1 Å². The Bertz CT molecular complexity index is 332. The summed E-state index contributed by atoms with van der Waals surface area (Å²) in [7, 11) is 0. The summed E-state index contributed by atoms with van der Waals surface area (Å²) < 4.78 is 10.8. The van der Waals surface area contributed by atoms with E-state index in [1.54, 1.807) is 12.1 Å². The Morgan fingerprint density at radius 1 is 1.12 bits per heavy atom. The van der Waals surface area contributed by atoms with Crippen molar-refractivity contribution in [1.29, 1.82) is 0 Å². The van der Waals surface area contributed by atoms with Gasteiger partial charge in [-0.25, -0.2) is 0 Å². The van der Waals surface area contributed by atoms with Crippen molar-refractivity contribution in [1.82, 2.24) is 0 Å². The first-order valence-electron chi connectivity index (χ1n) is 5.92. The molecule has 0 aliphatic carbocycles. The maximum Gasteiger partial charge on any atom is 0.160 e. The summed E-state index contributed by atoms with van der Waals surface area (Å²) >= 11 is 0. The molecule has 0 aliphatic rings. The lowest BCUT2D eigenvalue weighted by molar-refractivity contribution is -0.139. The fourth-order valence-corrected chi connectivity index (χ4v) is 1.64. The number of para-hydroxylation sites is 1. The first-order chi connectivity index (χ1) is 8.19. The van der Waals surface area contributed by atoms with Gasteiger partial charge in [-0.2, -0.15) is 0 Å². The third kappa shape index (κ3) is 4.24. The van der Waals surface area contributed by atoms with Gasteiger partial charge in [0.1, 0.15) is 0 Å². The van der Waals surface area contributed by atoms with E-state index in [9.17, 15) is 10.2 Å². The Morgan fingerprint density at radius 3 is 2.35 bits per heavy atom. The fourth-order valence-electron chi connectivity index (χ4n) is 1.64. The van der Waals surface area contributed by atoms with Gasteiger partial charge in [-0.05, 0) is 31.9 Å². The van der Waals surface area contributed by atoms with E-state index in [1.807, 2.05) is 13.8 Å². The Kier molecular flexibility index (Phi) is 5.80. The molecular formula is C13H20O4. The van der Waals surface area contributed by atoms with Crippen LogP contribution in [0, 0.1) is 0 Å². The van der Waals surface area contributed by atoms with E-state index >= 15 is 0 Å². The maximum absolute atomic E-state index is 9.64. The van der Waals surface area contributed by atoms with Crippen LogP contribution in [-0.2, 0) is 15.9 Å². The van der Waals surface area contributed by atoms with Crippen LogP contribution >= 0.6 is 0 Å². The Hall–Kier alpha value is -1.26. The van der Waals surface area contributed by atoms with Crippen molar-refractivity contribution >= 4 is 0 Å². The van der Waals surface area contributed by atoms with Crippen LogP contribution in [0.3, 0.4) is 0 Å². The second-order valence-corrected chi connectivity index (χ2v) is 3.66. The summed E-state index contributed by atoms with van der Waals surface area (Å²) in [6, 6.07) is 4.95. The van der Waals surface area contributed by atoms with Crippen LogP contribution in [0.2, 0.25) is 0 Å². The van der Waals surface area contributed by atoms with Gasteiger partial charge < -0.3 is 19.7 Å². The van der Waals surface area contributed by atoms with Crippen molar-refractivity contribution in [2.45, 2.75) is 33.0 Å². The molecule has 0 radical (unpaired) electrons. The predicted molar refractivity (Wildman–Crippen MR) is 65.1 cm³/mol. The quantitative estimate of drug-likeness (QED) is 0.567. The smallest absolute Gasteiger partial charge is 0.160 e. The Balaban J connectivity index is 2.55. The average molecular weight is 240 g/mol. The molecule has 0 aromatic heterocycles. The maximum atomic E-state index is 9.64. The molecule has 0 aliphatic heterocycles. The third-order valence-electron chi connectivity index (χ3n) is 2.45. The van der Waals surface area contributed by atoms with Crippen LogP contribution in [0.25, 0.3) is 0 Å². The highest BCUT2D eigenvalue weighted by Crippen LogP contribution is 2.29. The van der Waals surface area contributed by atoms with Crippen LogP contribution in [0.1, 0.15) is 25.8 Å². The molecule has 1 aromatic carbocycles. The van der Waals surface area contributed by atoms with Gasteiger partial charge in [0, 0.05) is 19.6 Å². The SMILES string of the molecule is CCOC(CCc1cccc(O)c1O)OCC. The van der Waals surface area contributed by atoms with E-state index in [0.29, 0.717) is 31.6 Å². The Morgan fingerprint density at radius 2 is 1.76 bits per heavy atom. The summed E-state index contributed by atoms with van der Waals surface area (Å²) in [6.07, 6.45) is 0.996. The van der Waals surface area contributed by atoms with E-state index in [-0.39, 0.29) is 17.8 Å². The lowest BCUT2D eigenvalue weighted by Gasteiger charge is -2.17. The van der Waals surface area contributed by atoms with Crippen LogP contribution in [0.4, 0.5) is 0 Å². The van der Waals surface area contributed by atoms with Crippen molar-refractivity contribution in [3.05, 3.63) is 23.8 Å². The second-order valence-electron chi connectivity index (χ2n) is 3.66. The molecule has 1 rings (SSSR count). The standard InChI is InChI=1S/C13H20O4/c1-3-16-12(17-4-2)9-8-10-6-5-7-11(14)13(10)15/h5-7,12,14-15H,3-4,8-9H2,1-2H3. The molecule has 0 spiro atoms. The van der Waals surface area contributed by atoms with Gasteiger partial charge in [0.05, 0.1) is 0 Å². The number of aryl methyl sites for hydroxylation is 1. The lowest BCUT2D eigenvalue weighted by Crippen LogP contribution is -2.18. The molecule has 0 unspecified atom stereocenters. The number of hydrogen-bond acceptors (Lipinski definition) is 4. The molecule has 0 fully saturated rings. The molecule has 17 heavy (non-hydrogen) atoms. The first kappa shape index (κ1) is 13.8. The molecule has 0 amide bonds. The number of hydrogen-bond donors (Lipinski definition) is 2. The minimum absolute atomic E-state index is 0.0563. The van der Waals surface area contributed by atoms with E-state index in [0.717, 1.165) is 0 Å². The van der Waals surface area contributed by atoms with Crippen LogP contribution < -0.4 is 0 Å². The third-order valence-corrected chi connectivity index (χ3v) is 2.45. The summed E-state index contributed by atoms with van der Waals surface area (Å²) in [4.78, 5) is 0. The van der Waals surface area contributed by atoms with Crippen molar-refractivity contribution in [2.24, 2.45) is 0 Å². The van der Waals surface area contributed by atoms with Crippen LogP contribution in [-0.4, -0.2) is 29.7 Å². The average Bonchev–Trinajstić information content (AvgIpc) is 2.31. The first-order valence-corrected chi connectivity index (χ1v) is 5.92. The van der Waals surface area contributed by atoms with Gasteiger partial charge in [0.2, 0.25) is 0 Å². The fraction of sp³-hybridized carbons (Fsp3) is 0.538. The Labute approximate surface area is 102 Å². The molecule has 1 aromatic rings. The van der Waals surface area contributed by atoms with E-state index in [2.05, 4.69) is 0 Å². The van der Waals surface area contributed by atoms with E-state index in [4.69, 9.17) is 9.47 Å². The number of aromatic hydroxyl groups is 2. The molecule has 4 nitrogen and oxygen atoms in total. The number of benzene rings is 1. The summed E-state index contributed by atoms with van der Waals surface area (Å²) in [6.45, 7) is 5.02. The zero-order valence-corrected chi connectivity index (χ0v) is 10.3. The predicted octanol–water partition coefficient (Wildman–Crippen LogP) is 2.43. The number of phenolic OH excluding ortho intramolecular Hbond substituents is 2. The molecule has 0 bridgehead atoms. The highest BCUT2D eigenvalue weighted by Gasteiger charge is 2.11. The topological polar surface area (TPSA) is 58.9 Å². The zero-order valence-electron chi connectivity index (χ0n) is 10.3. The molecule has 96 valence electrons. The van der Waals surface area contributed by atoms with Crippen LogP contribution in [0.5, 0.6) is 11.5 Å². The molecule has 0 saturated carbocycles. The normalized spacial score (nSPS) is 11.0. The summed E-state index contributed by atoms with van der Waals surface area (Å²) in [5.74, 6) is -0.147. The van der Waals surface area contributed by atoms with Gasteiger partial charge in [-0.15, -0.1) is 0 Å². The summed E-state index contributed by atoms with van der Waals surface area (Å²) in [5, 5.41) is 19.0. The van der Waals surface area contributed by atoms with E-state index < -0.39 is 0 Å². The van der Waals surface area contributed by atoms with Crippen molar-refractivity contribution in [2.75, 3.05) is 13.2 Å².